The van der Waals surface area contributed by atoms with Crippen LogP contribution >= 0.6 is 0 Å². The summed E-state index contributed by atoms with van der Waals surface area (Å²) in [6, 6.07) is 20.5. The van der Waals surface area contributed by atoms with Crippen LogP contribution in [0.3, 0.4) is 0 Å². The Morgan fingerprint density at radius 3 is 2.48 bits per heavy atom. The van der Waals surface area contributed by atoms with Crippen LogP contribution in [0.15, 0.2) is 60.7 Å². The van der Waals surface area contributed by atoms with Crippen LogP contribution in [0.5, 0.6) is 5.75 Å². The first kappa shape index (κ1) is 22.4. The van der Waals surface area contributed by atoms with E-state index in [4.69, 9.17) is 14.5 Å². The average Bonchev–Trinajstić information content (AvgIpc) is 2.79. The minimum absolute atomic E-state index is 0.0621. The summed E-state index contributed by atoms with van der Waals surface area (Å²) < 4.78 is 10.7. The van der Waals surface area contributed by atoms with Crippen molar-refractivity contribution in [3.63, 3.8) is 0 Å². The maximum atomic E-state index is 11.6. The van der Waals surface area contributed by atoms with Gasteiger partial charge >= 0.3 is 6.09 Å². The molecule has 0 spiro atoms. The molecule has 0 aliphatic rings. The summed E-state index contributed by atoms with van der Waals surface area (Å²) >= 11 is 0. The first-order valence-corrected chi connectivity index (χ1v) is 11.1. The number of carbonyl (C=O) groups is 1. The molecule has 0 atom stereocenters. The van der Waals surface area contributed by atoms with Crippen LogP contribution in [0.4, 0.5) is 16.2 Å². The number of carbonyl (C=O) groups excluding carboxylic acids is 1. The molecule has 3 aromatic carbocycles. The van der Waals surface area contributed by atoms with Crippen molar-refractivity contribution < 1.29 is 14.3 Å². The molecule has 4 aromatic rings. The molecule has 6 nitrogen and oxygen atoms in total. The lowest BCUT2D eigenvalue weighted by molar-refractivity contribution is 0.145. The van der Waals surface area contributed by atoms with Crippen LogP contribution in [-0.2, 0) is 11.2 Å². The molecule has 4 rings (SSSR count). The van der Waals surface area contributed by atoms with Gasteiger partial charge in [0.1, 0.15) is 5.75 Å². The zero-order valence-corrected chi connectivity index (χ0v) is 19.4. The Balaban J connectivity index is 1.58. The van der Waals surface area contributed by atoms with Gasteiger partial charge in [0.05, 0.1) is 30.4 Å². The predicted octanol–water partition coefficient (Wildman–Crippen LogP) is 6.13. The van der Waals surface area contributed by atoms with Crippen LogP contribution in [0.2, 0.25) is 0 Å². The van der Waals surface area contributed by atoms with Gasteiger partial charge in [0.25, 0.3) is 0 Å². The van der Waals surface area contributed by atoms with Crippen molar-refractivity contribution in [3.05, 3.63) is 71.8 Å². The topological polar surface area (TPSA) is 72.5 Å². The summed E-state index contributed by atoms with van der Waals surface area (Å²) in [7, 11) is 1.67. The number of hydrogen-bond donors (Lipinski definition) is 2. The number of hydrogen-bond acceptors (Lipinski definition) is 5. The van der Waals surface area contributed by atoms with Crippen LogP contribution in [0, 0.1) is 6.92 Å². The van der Waals surface area contributed by atoms with E-state index < -0.39 is 0 Å². The fourth-order valence-corrected chi connectivity index (χ4v) is 3.73. The van der Waals surface area contributed by atoms with E-state index >= 15 is 0 Å². The van der Waals surface area contributed by atoms with Crippen LogP contribution < -0.4 is 15.4 Å². The molecule has 0 saturated carbocycles. The highest BCUT2D eigenvalue weighted by Gasteiger charge is 2.11. The van der Waals surface area contributed by atoms with Gasteiger partial charge in [-0.1, -0.05) is 24.3 Å². The summed E-state index contributed by atoms with van der Waals surface area (Å²) in [5, 5.41) is 8.36. The lowest BCUT2D eigenvalue weighted by atomic mass is 10.0. The Morgan fingerprint density at radius 1 is 0.970 bits per heavy atom. The summed E-state index contributed by atoms with van der Waals surface area (Å²) in [6.07, 6.45) is 0.272. The van der Waals surface area contributed by atoms with E-state index in [1.807, 2.05) is 56.3 Å². The minimum Gasteiger partial charge on any atom is -0.497 e. The van der Waals surface area contributed by atoms with Gasteiger partial charge in [-0.25, -0.2) is 9.78 Å². The fraction of sp³-hybridized carbons (Fsp3) is 0.259. The molecular weight excluding hydrogens is 414 g/mol. The van der Waals surface area contributed by atoms with Gasteiger partial charge in [0.15, 0.2) is 0 Å². The number of ether oxygens (including phenoxy) is 2. The number of pyridine rings is 1. The SMILES string of the molecule is COc1ccc2nc3cc(C)ccc3c(Nc3ccc(CCOC(=O)NC(C)C)cc3)c2c1. The van der Waals surface area contributed by atoms with E-state index in [0.29, 0.717) is 13.0 Å². The van der Waals surface area contributed by atoms with Gasteiger partial charge in [0, 0.05) is 28.9 Å². The van der Waals surface area contributed by atoms with Crippen LogP contribution in [0.1, 0.15) is 25.0 Å². The lowest BCUT2D eigenvalue weighted by Crippen LogP contribution is -2.31. The number of aryl methyl sites for hydroxylation is 1. The van der Waals surface area contributed by atoms with Gasteiger partial charge in [-0.2, -0.15) is 0 Å². The van der Waals surface area contributed by atoms with E-state index in [9.17, 15) is 4.79 Å². The Labute approximate surface area is 193 Å². The lowest BCUT2D eigenvalue weighted by Gasteiger charge is -2.15. The second-order valence-corrected chi connectivity index (χ2v) is 8.40. The highest BCUT2D eigenvalue weighted by atomic mass is 16.5. The van der Waals surface area contributed by atoms with Crippen molar-refractivity contribution in [3.8, 4) is 5.75 Å². The van der Waals surface area contributed by atoms with Crippen LogP contribution in [-0.4, -0.2) is 30.8 Å². The van der Waals surface area contributed by atoms with Gasteiger partial charge < -0.3 is 20.1 Å². The number of benzene rings is 3. The average molecular weight is 444 g/mol. The zero-order valence-electron chi connectivity index (χ0n) is 19.4. The van der Waals surface area contributed by atoms with Gasteiger partial charge in [-0.15, -0.1) is 0 Å². The normalized spacial score (nSPS) is 11.1. The maximum Gasteiger partial charge on any atom is 0.407 e. The quantitative estimate of drug-likeness (QED) is 0.336. The van der Waals surface area contributed by atoms with E-state index in [-0.39, 0.29) is 12.1 Å². The molecule has 0 saturated heterocycles. The van der Waals surface area contributed by atoms with E-state index in [1.54, 1.807) is 7.11 Å². The third-order valence-electron chi connectivity index (χ3n) is 5.39. The van der Waals surface area contributed by atoms with Crippen molar-refractivity contribution >= 4 is 39.3 Å². The molecule has 0 aliphatic carbocycles. The number of anilines is 2. The molecule has 1 amide bonds. The molecule has 2 N–H and O–H groups in total. The molecule has 1 heterocycles. The standard InChI is InChI=1S/C27H29N3O3/c1-17(2)28-27(31)33-14-13-19-6-8-20(9-7-19)29-26-22-11-5-18(3)15-25(22)30-24-12-10-21(32-4)16-23(24)26/h5-12,15-17H,13-14H2,1-4H3,(H,28,31)(H,29,30). The van der Waals surface area contributed by atoms with Gasteiger partial charge in [-0.3, -0.25) is 0 Å². The number of nitrogens with one attached hydrogen (secondary N) is 2. The van der Waals surface area contributed by atoms with Crippen LogP contribution in [0.25, 0.3) is 21.8 Å². The summed E-state index contributed by atoms with van der Waals surface area (Å²) in [4.78, 5) is 16.5. The van der Waals surface area contributed by atoms with E-state index in [1.165, 1.54) is 5.56 Å². The molecule has 1 aromatic heterocycles. The Morgan fingerprint density at radius 2 is 1.76 bits per heavy atom. The fourth-order valence-electron chi connectivity index (χ4n) is 3.73. The zero-order chi connectivity index (χ0) is 23.4. The first-order chi connectivity index (χ1) is 15.9. The summed E-state index contributed by atoms with van der Waals surface area (Å²) in [6.45, 7) is 6.21. The monoisotopic (exact) mass is 443 g/mol. The van der Waals surface area contributed by atoms with E-state index in [2.05, 4.69) is 35.8 Å². The Bertz CT molecular complexity index is 1280. The van der Waals surface area contributed by atoms with Gasteiger partial charge in [0.2, 0.25) is 0 Å². The highest BCUT2D eigenvalue weighted by molar-refractivity contribution is 6.09. The summed E-state index contributed by atoms with van der Waals surface area (Å²) in [5.74, 6) is 0.788. The Kier molecular flexibility index (Phi) is 6.63. The second-order valence-electron chi connectivity index (χ2n) is 8.40. The van der Waals surface area contributed by atoms with Crippen molar-refractivity contribution in [2.24, 2.45) is 0 Å². The first-order valence-electron chi connectivity index (χ1n) is 11.1. The number of alkyl carbamates (subject to hydrolysis) is 1. The number of rotatable bonds is 7. The minimum atomic E-state index is -0.384. The smallest absolute Gasteiger partial charge is 0.407 e. The Hall–Kier alpha value is -3.80. The number of amides is 1. The molecule has 0 fully saturated rings. The highest BCUT2D eigenvalue weighted by Crippen LogP contribution is 2.35. The number of fused-ring (bicyclic) bond motifs is 2. The van der Waals surface area contributed by atoms with Gasteiger partial charge in [-0.05, 0) is 68.3 Å². The number of nitrogens with zero attached hydrogens (tertiary/aromatic N) is 1. The third-order valence-corrected chi connectivity index (χ3v) is 5.39. The van der Waals surface area contributed by atoms with Crippen molar-refractivity contribution in [2.45, 2.75) is 33.2 Å². The number of methoxy groups -OCH3 is 1. The molecule has 6 heteroatoms. The molecule has 33 heavy (non-hydrogen) atoms. The predicted molar refractivity (Wildman–Crippen MR) is 134 cm³/mol. The molecule has 0 aliphatic heterocycles. The van der Waals surface area contributed by atoms with Crippen molar-refractivity contribution in [2.75, 3.05) is 19.0 Å². The van der Waals surface area contributed by atoms with E-state index in [0.717, 1.165) is 44.5 Å². The maximum absolute atomic E-state index is 11.6. The van der Waals surface area contributed by atoms with Crippen molar-refractivity contribution in [1.29, 1.82) is 0 Å². The summed E-state index contributed by atoms with van der Waals surface area (Å²) in [5.41, 5.74) is 6.08. The molecule has 0 radical (unpaired) electrons. The van der Waals surface area contributed by atoms with Crippen molar-refractivity contribution in [1.82, 2.24) is 10.3 Å². The molecule has 170 valence electrons. The molecular formula is C27H29N3O3. The molecule has 0 unspecified atom stereocenters. The number of aromatic nitrogens is 1. The third kappa shape index (κ3) is 5.34. The second kappa shape index (κ2) is 9.77. The molecule has 0 bridgehead atoms. The largest absolute Gasteiger partial charge is 0.497 e.